The molecule has 0 aliphatic heterocycles. The molecule has 0 saturated heterocycles. The maximum Gasteiger partial charge on any atom is 0.352 e. The number of carboxylic acid groups (broad SMARTS) is 1. The summed E-state index contributed by atoms with van der Waals surface area (Å²) in [7, 11) is 0. The van der Waals surface area contributed by atoms with Gasteiger partial charge in [-0.2, -0.15) is 4.73 Å². The Labute approximate surface area is 277 Å². The molecule has 3 aromatic carbocycles. The molecule has 5 aromatic rings. The molecule has 14 heteroatoms. The van der Waals surface area contributed by atoms with E-state index < -0.39 is 29.6 Å². The van der Waals surface area contributed by atoms with E-state index in [1.807, 2.05) is 6.92 Å². The van der Waals surface area contributed by atoms with E-state index in [9.17, 15) is 33.9 Å². The van der Waals surface area contributed by atoms with Crippen LogP contribution in [-0.4, -0.2) is 54.7 Å². The molecule has 1 aliphatic rings. The minimum Gasteiger partial charge on any atom is -0.477 e. The van der Waals surface area contributed by atoms with Crippen LogP contribution in [0.5, 0.6) is 0 Å². The Hall–Kier alpha value is -5.69. The van der Waals surface area contributed by atoms with Gasteiger partial charge in [0.25, 0.3) is 5.91 Å². The van der Waals surface area contributed by atoms with Crippen molar-refractivity contribution in [3.05, 3.63) is 100 Å². The van der Waals surface area contributed by atoms with Gasteiger partial charge in [-0.3, -0.25) is 14.4 Å². The van der Waals surface area contributed by atoms with Crippen LogP contribution in [0.3, 0.4) is 0 Å². The standard InChI is InChI=1S/C34H30ClFN6O6/c1-16-12-23(16)31(43)38-20-8-6-18(7-9-20)13-26(32(44)39-21-10-11-25-19(14-21)15-27(40-25)34(46)47)41-33(45)29-17(2)37-30(42(29)48)22-4-3-5-24(35)28(22)36/h3-11,14-16,23,26,40,48H,12-13H2,1-2H3,(H,38,43)(H,39,44)(H,41,45)(H,46,47)/t16?,23?,26-/m0/s1. The Bertz CT molecular complexity index is 2090. The number of aryl methyl sites for hydroxylation is 1. The average molecular weight is 673 g/mol. The summed E-state index contributed by atoms with van der Waals surface area (Å²) < 4.78 is 15.2. The predicted octanol–water partition coefficient (Wildman–Crippen LogP) is 5.64. The fourth-order valence-corrected chi connectivity index (χ4v) is 5.68. The second-order valence-electron chi connectivity index (χ2n) is 11.8. The summed E-state index contributed by atoms with van der Waals surface area (Å²) in [4.78, 5) is 58.0. The van der Waals surface area contributed by atoms with E-state index >= 15 is 0 Å². The van der Waals surface area contributed by atoms with Gasteiger partial charge in [-0.05, 0) is 73.4 Å². The van der Waals surface area contributed by atoms with Gasteiger partial charge >= 0.3 is 5.97 Å². The Morgan fingerprint density at radius 2 is 1.77 bits per heavy atom. The number of fused-ring (bicyclic) bond motifs is 1. The number of nitrogens with one attached hydrogen (secondary N) is 4. The molecule has 6 rings (SSSR count). The fourth-order valence-electron chi connectivity index (χ4n) is 5.50. The first kappa shape index (κ1) is 32.3. The second kappa shape index (κ2) is 12.8. The van der Waals surface area contributed by atoms with E-state index in [2.05, 4.69) is 25.9 Å². The maximum absolute atomic E-state index is 14.8. The number of imidazole rings is 1. The molecule has 2 aromatic heterocycles. The Kier molecular flexibility index (Phi) is 8.63. The number of carboxylic acids is 1. The number of hydrogen-bond acceptors (Lipinski definition) is 6. The number of nitrogens with zero attached hydrogens (tertiary/aromatic N) is 2. The Morgan fingerprint density at radius 3 is 2.46 bits per heavy atom. The highest BCUT2D eigenvalue weighted by molar-refractivity contribution is 6.31. The smallest absolute Gasteiger partial charge is 0.352 e. The predicted molar refractivity (Wildman–Crippen MR) is 176 cm³/mol. The van der Waals surface area contributed by atoms with Gasteiger partial charge in [0, 0.05) is 34.6 Å². The van der Waals surface area contributed by atoms with Crippen LogP contribution in [0.4, 0.5) is 15.8 Å². The first-order valence-electron chi connectivity index (χ1n) is 15.0. The summed E-state index contributed by atoms with van der Waals surface area (Å²) in [6.07, 6.45) is 0.856. The van der Waals surface area contributed by atoms with E-state index in [-0.39, 0.29) is 51.7 Å². The van der Waals surface area contributed by atoms with Gasteiger partial charge in [0.15, 0.2) is 17.3 Å². The van der Waals surface area contributed by atoms with Crippen LogP contribution in [0.1, 0.15) is 45.6 Å². The van der Waals surface area contributed by atoms with Crippen LogP contribution in [0.2, 0.25) is 5.02 Å². The van der Waals surface area contributed by atoms with Crippen molar-refractivity contribution < 1.29 is 33.9 Å². The molecule has 0 bridgehead atoms. The lowest BCUT2D eigenvalue weighted by Crippen LogP contribution is -2.46. The van der Waals surface area contributed by atoms with Crippen molar-refractivity contribution in [1.29, 1.82) is 0 Å². The summed E-state index contributed by atoms with van der Waals surface area (Å²) >= 11 is 5.91. The zero-order valence-electron chi connectivity index (χ0n) is 25.7. The van der Waals surface area contributed by atoms with Gasteiger partial charge in [0.1, 0.15) is 11.7 Å². The van der Waals surface area contributed by atoms with Gasteiger partial charge < -0.3 is 31.2 Å². The lowest BCUT2D eigenvalue weighted by Gasteiger charge is -2.19. The lowest BCUT2D eigenvalue weighted by molar-refractivity contribution is -0.118. The molecule has 1 fully saturated rings. The number of halogens is 2. The number of aromatic amines is 1. The zero-order valence-corrected chi connectivity index (χ0v) is 26.4. The van der Waals surface area contributed by atoms with Crippen molar-refractivity contribution in [3.63, 3.8) is 0 Å². The van der Waals surface area contributed by atoms with Crippen molar-refractivity contribution in [1.82, 2.24) is 20.0 Å². The Morgan fingerprint density at radius 1 is 1.06 bits per heavy atom. The summed E-state index contributed by atoms with van der Waals surface area (Å²) in [6.45, 7) is 3.47. The van der Waals surface area contributed by atoms with Gasteiger partial charge in [-0.25, -0.2) is 14.2 Å². The Balaban J connectivity index is 1.26. The van der Waals surface area contributed by atoms with Crippen molar-refractivity contribution in [2.24, 2.45) is 11.8 Å². The van der Waals surface area contributed by atoms with Crippen molar-refractivity contribution in [2.45, 2.75) is 32.7 Å². The number of carbonyl (C=O) groups is 4. The van der Waals surface area contributed by atoms with Gasteiger partial charge in [0.05, 0.1) is 16.3 Å². The third-order valence-corrected chi connectivity index (χ3v) is 8.58. The number of benzene rings is 3. The highest BCUT2D eigenvalue weighted by atomic mass is 35.5. The largest absolute Gasteiger partial charge is 0.477 e. The van der Waals surface area contributed by atoms with Gasteiger partial charge in [-0.1, -0.05) is 36.7 Å². The van der Waals surface area contributed by atoms with Gasteiger partial charge in [0.2, 0.25) is 11.8 Å². The number of amides is 3. The van der Waals surface area contributed by atoms with Gasteiger partial charge in [-0.15, -0.1) is 0 Å². The lowest BCUT2D eigenvalue weighted by atomic mass is 10.0. The highest BCUT2D eigenvalue weighted by Crippen LogP contribution is 2.38. The molecule has 6 N–H and O–H groups in total. The molecular formula is C34H30ClFN6O6. The summed E-state index contributed by atoms with van der Waals surface area (Å²) in [5.41, 5.74) is 1.75. The van der Waals surface area contributed by atoms with E-state index in [1.54, 1.807) is 42.5 Å². The van der Waals surface area contributed by atoms with Crippen molar-refractivity contribution in [2.75, 3.05) is 10.6 Å². The van der Waals surface area contributed by atoms with Crippen LogP contribution < -0.4 is 16.0 Å². The first-order valence-corrected chi connectivity index (χ1v) is 15.4. The molecule has 3 atom stereocenters. The normalized spacial score (nSPS) is 15.9. The van der Waals surface area contributed by atoms with E-state index in [4.69, 9.17) is 11.6 Å². The molecule has 2 heterocycles. The number of H-pyrrole nitrogens is 1. The monoisotopic (exact) mass is 672 g/mol. The number of aromatic nitrogens is 3. The van der Waals surface area contributed by atoms with Crippen LogP contribution in [0, 0.1) is 24.6 Å². The van der Waals surface area contributed by atoms with Crippen LogP contribution >= 0.6 is 11.6 Å². The summed E-state index contributed by atoms with van der Waals surface area (Å²) in [6, 6.07) is 16.0. The number of hydrogen-bond donors (Lipinski definition) is 6. The summed E-state index contributed by atoms with van der Waals surface area (Å²) in [5.74, 6) is -3.39. The average Bonchev–Trinajstić information content (AvgIpc) is 3.50. The zero-order chi connectivity index (χ0) is 34.3. The minimum absolute atomic E-state index is 0.00604. The molecule has 246 valence electrons. The topological polar surface area (TPSA) is 178 Å². The molecule has 3 amide bonds. The van der Waals surface area contributed by atoms with Crippen molar-refractivity contribution in [3.8, 4) is 11.4 Å². The third kappa shape index (κ3) is 6.58. The molecule has 0 spiro atoms. The molecule has 48 heavy (non-hydrogen) atoms. The first-order chi connectivity index (χ1) is 22.9. The number of aromatic carboxylic acids is 1. The SMILES string of the molecule is Cc1nc(-c2cccc(Cl)c2F)n(O)c1C(=O)N[C@@H](Cc1ccc(NC(=O)C2CC2C)cc1)C(=O)Nc1ccc2[nH]c(C(=O)O)cc2c1. The van der Waals surface area contributed by atoms with Crippen LogP contribution in [-0.2, 0) is 16.0 Å². The van der Waals surface area contributed by atoms with Crippen LogP contribution in [0.25, 0.3) is 22.3 Å². The molecule has 0 radical (unpaired) electrons. The maximum atomic E-state index is 14.8. The number of rotatable bonds is 10. The molecule has 1 saturated carbocycles. The minimum atomic E-state index is -1.19. The summed E-state index contributed by atoms with van der Waals surface area (Å²) in [5, 5.41) is 28.9. The molecular weight excluding hydrogens is 643 g/mol. The van der Waals surface area contributed by atoms with E-state index in [0.717, 1.165) is 6.42 Å². The fraction of sp³-hybridized carbons (Fsp3) is 0.206. The van der Waals surface area contributed by atoms with E-state index in [1.165, 1.54) is 31.2 Å². The third-order valence-electron chi connectivity index (χ3n) is 8.28. The molecule has 12 nitrogen and oxygen atoms in total. The van der Waals surface area contributed by atoms with E-state index in [0.29, 0.717) is 38.5 Å². The number of anilines is 2. The molecule has 2 unspecified atom stereocenters. The quantitative estimate of drug-likeness (QED) is 0.104. The second-order valence-corrected chi connectivity index (χ2v) is 12.2. The van der Waals surface area contributed by atoms with Crippen LogP contribution in [0.15, 0.2) is 66.7 Å². The van der Waals surface area contributed by atoms with Crippen molar-refractivity contribution >= 4 is 57.6 Å². The number of carbonyl (C=O) groups excluding carboxylic acids is 3. The highest BCUT2D eigenvalue weighted by Gasteiger charge is 2.39. The molecule has 1 aliphatic carbocycles.